The first-order valence-corrected chi connectivity index (χ1v) is 8.49. The Kier molecular flexibility index (Phi) is 5.50. The van der Waals surface area contributed by atoms with Gasteiger partial charge >= 0.3 is 0 Å². The van der Waals surface area contributed by atoms with Crippen molar-refractivity contribution in [2.24, 2.45) is 0 Å². The zero-order valence-corrected chi connectivity index (χ0v) is 15.2. The molecule has 7 heteroatoms. The summed E-state index contributed by atoms with van der Waals surface area (Å²) in [4.78, 5) is 6.19. The van der Waals surface area contributed by atoms with Gasteiger partial charge in [0.1, 0.15) is 22.4 Å². The van der Waals surface area contributed by atoms with Crippen LogP contribution in [-0.2, 0) is 13.1 Å². The Morgan fingerprint density at radius 3 is 2.40 bits per heavy atom. The molecular formula is C18H12Cl3N3O. The van der Waals surface area contributed by atoms with E-state index in [1.807, 2.05) is 53.4 Å². The van der Waals surface area contributed by atoms with Crippen molar-refractivity contribution in [1.82, 2.24) is 4.98 Å². The number of furan rings is 1. The molecule has 0 unspecified atom stereocenters. The maximum Gasteiger partial charge on any atom is 0.151 e. The molecule has 2 heterocycles. The van der Waals surface area contributed by atoms with Gasteiger partial charge in [0.15, 0.2) is 11.0 Å². The molecule has 0 atom stereocenters. The highest BCUT2D eigenvalue weighted by Crippen LogP contribution is 2.37. The van der Waals surface area contributed by atoms with E-state index in [4.69, 9.17) is 44.5 Å². The zero-order chi connectivity index (χ0) is 17.8. The van der Waals surface area contributed by atoms with E-state index >= 15 is 0 Å². The molecule has 0 saturated heterocycles. The van der Waals surface area contributed by atoms with Gasteiger partial charge in [-0.1, -0.05) is 65.1 Å². The van der Waals surface area contributed by atoms with Crippen molar-refractivity contribution >= 4 is 40.6 Å². The van der Waals surface area contributed by atoms with Crippen molar-refractivity contribution in [2.75, 3.05) is 4.90 Å². The van der Waals surface area contributed by atoms with Gasteiger partial charge in [-0.25, -0.2) is 4.98 Å². The van der Waals surface area contributed by atoms with E-state index in [1.54, 1.807) is 6.26 Å². The largest absolute Gasteiger partial charge is 0.467 e. The van der Waals surface area contributed by atoms with Crippen LogP contribution in [0.5, 0.6) is 0 Å². The number of aromatic nitrogens is 1. The second-order valence-electron chi connectivity index (χ2n) is 5.26. The lowest BCUT2D eigenvalue weighted by Crippen LogP contribution is -2.23. The number of hydrogen-bond donors (Lipinski definition) is 0. The number of nitriles is 1. The van der Waals surface area contributed by atoms with Crippen LogP contribution in [0.25, 0.3) is 0 Å². The van der Waals surface area contributed by atoms with Gasteiger partial charge in [-0.2, -0.15) is 5.26 Å². The summed E-state index contributed by atoms with van der Waals surface area (Å²) in [6, 6.07) is 15.4. The van der Waals surface area contributed by atoms with E-state index < -0.39 is 0 Å². The minimum absolute atomic E-state index is 0.0180. The van der Waals surface area contributed by atoms with Gasteiger partial charge in [0.2, 0.25) is 0 Å². The molecule has 25 heavy (non-hydrogen) atoms. The second-order valence-corrected chi connectivity index (χ2v) is 6.38. The van der Waals surface area contributed by atoms with Crippen LogP contribution in [0, 0.1) is 11.3 Å². The highest BCUT2D eigenvalue weighted by atomic mass is 35.5. The fourth-order valence-electron chi connectivity index (χ4n) is 2.40. The van der Waals surface area contributed by atoms with Gasteiger partial charge in [0.25, 0.3) is 0 Å². The molecule has 0 radical (unpaired) electrons. The molecule has 0 spiro atoms. The lowest BCUT2D eigenvalue weighted by Gasteiger charge is -2.24. The molecule has 0 fully saturated rings. The predicted molar refractivity (Wildman–Crippen MR) is 99.0 cm³/mol. The Bertz CT molecular complexity index is 906. The van der Waals surface area contributed by atoms with Crippen LogP contribution < -0.4 is 4.90 Å². The maximum absolute atomic E-state index is 9.15. The summed E-state index contributed by atoms with van der Waals surface area (Å²) in [5, 5.41) is 9.45. The Morgan fingerprint density at radius 2 is 1.76 bits per heavy atom. The SMILES string of the molecule is N#Cc1c(Cl)nc(N(Cc2ccccc2)Cc2ccco2)c(Cl)c1Cl. The normalized spacial score (nSPS) is 10.5. The summed E-state index contributed by atoms with van der Waals surface area (Å²) in [7, 11) is 0. The van der Waals surface area contributed by atoms with Gasteiger partial charge in [-0.05, 0) is 17.7 Å². The molecule has 0 bridgehead atoms. The van der Waals surface area contributed by atoms with Crippen molar-refractivity contribution in [3.63, 3.8) is 0 Å². The Balaban J connectivity index is 2.03. The number of pyridine rings is 1. The molecule has 0 amide bonds. The molecule has 1 aromatic carbocycles. The van der Waals surface area contributed by atoms with E-state index in [0.29, 0.717) is 18.9 Å². The number of halogens is 3. The second kappa shape index (κ2) is 7.79. The monoisotopic (exact) mass is 391 g/mol. The van der Waals surface area contributed by atoms with E-state index in [1.165, 1.54) is 0 Å². The summed E-state index contributed by atoms with van der Waals surface area (Å²) < 4.78 is 5.44. The van der Waals surface area contributed by atoms with Gasteiger partial charge in [-0.15, -0.1) is 0 Å². The first-order valence-electron chi connectivity index (χ1n) is 7.36. The molecule has 2 aromatic heterocycles. The van der Waals surface area contributed by atoms with Crippen molar-refractivity contribution in [1.29, 1.82) is 5.26 Å². The Morgan fingerprint density at radius 1 is 1.00 bits per heavy atom. The lowest BCUT2D eigenvalue weighted by molar-refractivity contribution is 0.500. The molecule has 3 rings (SSSR count). The fourth-order valence-corrected chi connectivity index (χ4v) is 3.14. The highest BCUT2D eigenvalue weighted by Gasteiger charge is 2.21. The summed E-state index contributed by atoms with van der Waals surface area (Å²) >= 11 is 18.7. The van der Waals surface area contributed by atoms with Crippen molar-refractivity contribution in [3.8, 4) is 6.07 Å². The molecule has 3 aromatic rings. The van der Waals surface area contributed by atoms with Crippen LogP contribution in [0.2, 0.25) is 15.2 Å². The average Bonchev–Trinajstić information content (AvgIpc) is 3.12. The summed E-state index contributed by atoms with van der Waals surface area (Å²) in [5.41, 5.74) is 1.12. The fraction of sp³-hybridized carbons (Fsp3) is 0.111. The molecule has 0 saturated carbocycles. The summed E-state index contributed by atoms with van der Waals surface area (Å²) in [5.74, 6) is 1.14. The number of rotatable bonds is 5. The topological polar surface area (TPSA) is 53.1 Å². The van der Waals surface area contributed by atoms with Crippen LogP contribution in [-0.4, -0.2) is 4.98 Å². The highest BCUT2D eigenvalue weighted by molar-refractivity contribution is 6.45. The third kappa shape index (κ3) is 3.91. The molecule has 0 aliphatic carbocycles. The number of benzene rings is 1. The average molecular weight is 393 g/mol. The maximum atomic E-state index is 9.15. The standard InChI is InChI=1S/C18H12Cl3N3O/c19-15-14(9-22)17(21)23-18(16(15)20)24(11-13-7-4-8-25-13)10-12-5-2-1-3-6-12/h1-8H,10-11H2. The molecule has 0 aliphatic rings. The van der Waals surface area contributed by atoms with Crippen LogP contribution in [0.4, 0.5) is 5.82 Å². The lowest BCUT2D eigenvalue weighted by atomic mass is 10.2. The van der Waals surface area contributed by atoms with Gasteiger partial charge < -0.3 is 9.32 Å². The van der Waals surface area contributed by atoms with Crippen molar-refractivity contribution in [2.45, 2.75) is 13.1 Å². The smallest absolute Gasteiger partial charge is 0.151 e. The van der Waals surface area contributed by atoms with Gasteiger partial charge in [0.05, 0.1) is 17.8 Å². The summed E-state index contributed by atoms with van der Waals surface area (Å²) in [6.45, 7) is 0.944. The number of anilines is 1. The molecule has 0 N–H and O–H groups in total. The first-order chi connectivity index (χ1) is 12.1. The zero-order valence-electron chi connectivity index (χ0n) is 12.9. The predicted octanol–water partition coefficient (Wildman–Crippen LogP) is 5.71. The Labute approximate surface area is 160 Å². The number of nitrogens with zero attached hydrogens (tertiary/aromatic N) is 3. The van der Waals surface area contributed by atoms with Gasteiger partial charge in [-0.3, -0.25) is 0 Å². The summed E-state index contributed by atoms with van der Waals surface area (Å²) in [6.07, 6.45) is 1.60. The van der Waals surface area contributed by atoms with E-state index in [-0.39, 0.29) is 20.8 Å². The van der Waals surface area contributed by atoms with Crippen molar-refractivity contribution < 1.29 is 4.42 Å². The van der Waals surface area contributed by atoms with E-state index in [2.05, 4.69) is 4.98 Å². The number of hydrogen-bond acceptors (Lipinski definition) is 4. The van der Waals surface area contributed by atoms with E-state index in [0.717, 1.165) is 11.3 Å². The minimum Gasteiger partial charge on any atom is -0.467 e. The van der Waals surface area contributed by atoms with Crippen LogP contribution in [0.1, 0.15) is 16.9 Å². The van der Waals surface area contributed by atoms with Crippen LogP contribution in [0.3, 0.4) is 0 Å². The van der Waals surface area contributed by atoms with E-state index in [9.17, 15) is 0 Å². The molecule has 0 aliphatic heterocycles. The first kappa shape index (κ1) is 17.6. The minimum atomic E-state index is 0.0180. The van der Waals surface area contributed by atoms with Crippen molar-refractivity contribution in [3.05, 3.63) is 80.8 Å². The van der Waals surface area contributed by atoms with Crippen LogP contribution in [0.15, 0.2) is 53.1 Å². The van der Waals surface area contributed by atoms with Gasteiger partial charge in [0, 0.05) is 6.54 Å². The third-order valence-electron chi connectivity index (χ3n) is 3.57. The third-order valence-corrected chi connectivity index (χ3v) is 4.68. The van der Waals surface area contributed by atoms with Crippen LogP contribution >= 0.6 is 34.8 Å². The Hall–Kier alpha value is -2.19. The molecule has 4 nitrogen and oxygen atoms in total. The quantitative estimate of drug-likeness (QED) is 0.522. The molecule has 126 valence electrons. The molecular weight excluding hydrogens is 381 g/mol.